The topological polar surface area (TPSA) is 76.7 Å². The molecule has 0 fully saturated rings. The Balaban J connectivity index is 2.06. The lowest BCUT2D eigenvalue weighted by Crippen LogP contribution is -2.12. The van der Waals surface area contributed by atoms with Crippen LogP contribution in [0.25, 0.3) is 11.0 Å². The van der Waals surface area contributed by atoms with Crippen LogP contribution in [0.5, 0.6) is 5.75 Å². The fourth-order valence-electron chi connectivity index (χ4n) is 2.64. The Bertz CT molecular complexity index is 992. The van der Waals surface area contributed by atoms with Crippen LogP contribution in [0.1, 0.15) is 16.7 Å². The van der Waals surface area contributed by atoms with Gasteiger partial charge in [0.15, 0.2) is 6.61 Å². The van der Waals surface area contributed by atoms with Crippen LogP contribution in [-0.4, -0.2) is 17.7 Å². The number of hydrogen-bond donors (Lipinski definition) is 1. The number of aliphatic carboxylic acids is 1. The first kappa shape index (κ1) is 17.0. The SMILES string of the molecule is Cc1c(Cc2ccccc2)c(=O)oc2cc(OCC(=O)O)c(Cl)cc12. The maximum Gasteiger partial charge on any atom is 0.341 e. The van der Waals surface area contributed by atoms with Gasteiger partial charge < -0.3 is 14.3 Å². The highest BCUT2D eigenvalue weighted by Crippen LogP contribution is 2.32. The van der Waals surface area contributed by atoms with Crippen molar-refractivity contribution in [2.45, 2.75) is 13.3 Å². The zero-order valence-corrected chi connectivity index (χ0v) is 14.2. The molecule has 0 spiro atoms. The zero-order valence-electron chi connectivity index (χ0n) is 13.4. The minimum atomic E-state index is -1.12. The van der Waals surface area contributed by atoms with Gasteiger partial charge in [-0.3, -0.25) is 0 Å². The van der Waals surface area contributed by atoms with Crippen molar-refractivity contribution >= 4 is 28.5 Å². The lowest BCUT2D eigenvalue weighted by atomic mass is 9.99. The van der Waals surface area contributed by atoms with Crippen LogP contribution in [0.3, 0.4) is 0 Å². The average Bonchev–Trinajstić information content (AvgIpc) is 2.58. The number of carbonyl (C=O) groups is 1. The Kier molecular flexibility index (Phi) is 4.76. The van der Waals surface area contributed by atoms with Gasteiger partial charge in [-0.15, -0.1) is 0 Å². The number of carboxylic acid groups (broad SMARTS) is 1. The maximum absolute atomic E-state index is 12.4. The smallest absolute Gasteiger partial charge is 0.341 e. The molecule has 3 rings (SSSR count). The maximum atomic E-state index is 12.4. The number of aryl methyl sites for hydroxylation is 1. The van der Waals surface area contributed by atoms with E-state index in [0.717, 1.165) is 11.1 Å². The molecule has 0 amide bonds. The number of benzene rings is 2. The second-order valence-electron chi connectivity index (χ2n) is 5.62. The molecule has 6 heteroatoms. The predicted octanol–water partition coefficient (Wildman–Crippen LogP) is 3.81. The molecule has 0 unspecified atom stereocenters. The second-order valence-corrected chi connectivity index (χ2v) is 6.02. The molecule has 0 aliphatic rings. The van der Waals surface area contributed by atoms with Crippen molar-refractivity contribution < 1.29 is 19.1 Å². The van der Waals surface area contributed by atoms with Crippen LogP contribution in [0.4, 0.5) is 0 Å². The van der Waals surface area contributed by atoms with Gasteiger partial charge in [0.2, 0.25) is 0 Å². The van der Waals surface area contributed by atoms with E-state index in [1.807, 2.05) is 37.3 Å². The molecule has 25 heavy (non-hydrogen) atoms. The third-order valence-corrected chi connectivity index (χ3v) is 4.21. The third-order valence-electron chi connectivity index (χ3n) is 3.91. The fraction of sp³-hybridized carbons (Fsp3) is 0.158. The van der Waals surface area contributed by atoms with E-state index in [1.165, 1.54) is 6.07 Å². The second kappa shape index (κ2) is 6.99. The van der Waals surface area contributed by atoms with Crippen LogP contribution in [-0.2, 0) is 11.2 Å². The molecule has 1 N–H and O–H groups in total. The predicted molar refractivity (Wildman–Crippen MR) is 94.6 cm³/mol. The van der Waals surface area contributed by atoms with Gasteiger partial charge in [0.25, 0.3) is 0 Å². The number of fused-ring (bicyclic) bond motifs is 1. The van der Waals surface area contributed by atoms with Crippen molar-refractivity contribution in [3.63, 3.8) is 0 Å². The summed E-state index contributed by atoms with van der Waals surface area (Å²) in [6, 6.07) is 12.7. The minimum absolute atomic E-state index is 0.162. The van der Waals surface area contributed by atoms with E-state index in [0.29, 0.717) is 23.0 Å². The Morgan fingerprint density at radius 3 is 2.64 bits per heavy atom. The average molecular weight is 359 g/mol. The lowest BCUT2D eigenvalue weighted by molar-refractivity contribution is -0.139. The van der Waals surface area contributed by atoms with Crippen molar-refractivity contribution in [3.05, 3.63) is 74.6 Å². The first-order chi connectivity index (χ1) is 12.0. The van der Waals surface area contributed by atoms with E-state index in [1.54, 1.807) is 6.07 Å². The Morgan fingerprint density at radius 1 is 1.24 bits per heavy atom. The highest BCUT2D eigenvalue weighted by atomic mass is 35.5. The van der Waals surface area contributed by atoms with Crippen LogP contribution in [0.15, 0.2) is 51.7 Å². The third kappa shape index (κ3) is 3.67. The molecular weight excluding hydrogens is 344 g/mol. The van der Waals surface area contributed by atoms with Crippen LogP contribution >= 0.6 is 11.6 Å². The molecule has 2 aromatic carbocycles. The van der Waals surface area contributed by atoms with Crippen molar-refractivity contribution in [1.82, 2.24) is 0 Å². The number of ether oxygens (including phenoxy) is 1. The number of rotatable bonds is 5. The number of carboxylic acids is 1. The van der Waals surface area contributed by atoms with Crippen molar-refractivity contribution in [2.24, 2.45) is 0 Å². The molecule has 0 atom stereocenters. The van der Waals surface area contributed by atoms with Gasteiger partial charge in [-0.25, -0.2) is 9.59 Å². The van der Waals surface area contributed by atoms with Crippen molar-refractivity contribution in [1.29, 1.82) is 0 Å². The molecule has 1 heterocycles. The van der Waals surface area contributed by atoms with E-state index < -0.39 is 18.2 Å². The first-order valence-corrected chi connectivity index (χ1v) is 7.98. The van der Waals surface area contributed by atoms with Gasteiger partial charge >= 0.3 is 11.6 Å². The standard InChI is InChI=1S/C19H15ClO5/c1-11-13-8-15(20)17(24-10-18(21)22)9-16(13)25-19(23)14(11)7-12-5-3-2-4-6-12/h2-6,8-9H,7,10H2,1H3,(H,21,22). The summed E-state index contributed by atoms with van der Waals surface area (Å²) < 4.78 is 10.5. The van der Waals surface area contributed by atoms with E-state index in [-0.39, 0.29) is 10.8 Å². The molecular formula is C19H15ClO5. The van der Waals surface area contributed by atoms with Gasteiger partial charge in [0.05, 0.1) is 5.02 Å². The molecule has 0 saturated heterocycles. The molecule has 0 aliphatic heterocycles. The summed E-state index contributed by atoms with van der Waals surface area (Å²) in [6.45, 7) is 1.31. The highest BCUT2D eigenvalue weighted by Gasteiger charge is 2.15. The van der Waals surface area contributed by atoms with Crippen molar-refractivity contribution in [3.8, 4) is 5.75 Å². The molecule has 0 aliphatic carbocycles. The monoisotopic (exact) mass is 358 g/mol. The van der Waals surface area contributed by atoms with Gasteiger partial charge in [0, 0.05) is 23.4 Å². The lowest BCUT2D eigenvalue weighted by Gasteiger charge is -2.11. The summed E-state index contributed by atoms with van der Waals surface area (Å²) in [5.74, 6) is -0.957. The molecule has 5 nitrogen and oxygen atoms in total. The van der Waals surface area contributed by atoms with E-state index in [9.17, 15) is 9.59 Å². The summed E-state index contributed by atoms with van der Waals surface area (Å²) >= 11 is 6.17. The van der Waals surface area contributed by atoms with E-state index in [4.69, 9.17) is 25.9 Å². The molecule has 128 valence electrons. The molecule has 0 bridgehead atoms. The first-order valence-electron chi connectivity index (χ1n) is 7.60. The zero-order chi connectivity index (χ0) is 18.0. The summed E-state index contributed by atoms with van der Waals surface area (Å²) in [4.78, 5) is 23.0. The van der Waals surface area contributed by atoms with Crippen LogP contribution in [0, 0.1) is 6.92 Å². The van der Waals surface area contributed by atoms with Crippen molar-refractivity contribution in [2.75, 3.05) is 6.61 Å². The fourth-order valence-corrected chi connectivity index (χ4v) is 2.86. The van der Waals surface area contributed by atoms with Gasteiger partial charge in [-0.05, 0) is 24.1 Å². The van der Waals surface area contributed by atoms with Crippen LogP contribution < -0.4 is 10.4 Å². The minimum Gasteiger partial charge on any atom is -0.480 e. The molecule has 0 saturated carbocycles. The number of halogens is 1. The van der Waals surface area contributed by atoms with Gasteiger partial charge in [-0.2, -0.15) is 0 Å². The summed E-state index contributed by atoms with van der Waals surface area (Å²) in [5.41, 5.74) is 2.23. The van der Waals surface area contributed by atoms with E-state index in [2.05, 4.69) is 0 Å². The Morgan fingerprint density at radius 2 is 1.96 bits per heavy atom. The number of hydrogen-bond acceptors (Lipinski definition) is 4. The molecule has 3 aromatic rings. The highest BCUT2D eigenvalue weighted by molar-refractivity contribution is 6.32. The normalized spacial score (nSPS) is 10.8. The van der Waals surface area contributed by atoms with Gasteiger partial charge in [0.1, 0.15) is 11.3 Å². The van der Waals surface area contributed by atoms with Gasteiger partial charge in [-0.1, -0.05) is 41.9 Å². The summed E-state index contributed by atoms with van der Waals surface area (Å²) in [5, 5.41) is 9.66. The molecule has 0 radical (unpaired) electrons. The summed E-state index contributed by atoms with van der Waals surface area (Å²) in [6.07, 6.45) is 0.458. The summed E-state index contributed by atoms with van der Waals surface area (Å²) in [7, 11) is 0. The Hall–Kier alpha value is -2.79. The Labute approximate surface area is 148 Å². The largest absolute Gasteiger partial charge is 0.480 e. The molecule has 1 aromatic heterocycles. The van der Waals surface area contributed by atoms with Crippen LogP contribution in [0.2, 0.25) is 5.02 Å². The quantitative estimate of drug-likeness (QED) is 0.702. The van der Waals surface area contributed by atoms with E-state index >= 15 is 0 Å².